The second-order valence-corrected chi connectivity index (χ2v) is 9.48. The highest BCUT2D eigenvalue weighted by atomic mass is 19.1. The smallest absolute Gasteiger partial charge is 0.251 e. The third-order valence-corrected chi connectivity index (χ3v) is 7.04. The molecule has 0 aromatic heterocycles. The second-order valence-electron chi connectivity index (χ2n) is 9.48. The van der Waals surface area contributed by atoms with Gasteiger partial charge in [-0.25, -0.2) is 4.39 Å². The molecule has 2 N–H and O–H groups in total. The number of benzene rings is 3. The van der Waals surface area contributed by atoms with Crippen LogP contribution in [0.1, 0.15) is 40.7 Å². The van der Waals surface area contributed by atoms with E-state index in [-0.39, 0.29) is 35.4 Å². The Bertz CT molecular complexity index is 1220. The summed E-state index contributed by atoms with van der Waals surface area (Å²) in [7, 11) is 0. The Morgan fingerprint density at radius 1 is 1.06 bits per heavy atom. The lowest BCUT2D eigenvalue weighted by atomic mass is 9.91. The molecule has 34 heavy (non-hydrogen) atoms. The molecule has 1 heterocycles. The summed E-state index contributed by atoms with van der Waals surface area (Å²) in [6.07, 6.45) is 2.68. The SMILES string of the molecule is Cc1ccc(C(=O)NC2CCNCC2C(=O)N(Cc2cccc3ccccc23)C2CC2)cc1F. The van der Waals surface area contributed by atoms with Gasteiger partial charge in [0.2, 0.25) is 5.91 Å². The van der Waals surface area contributed by atoms with Crippen molar-refractivity contribution >= 4 is 22.6 Å². The van der Waals surface area contributed by atoms with E-state index in [0.717, 1.165) is 35.7 Å². The maximum atomic E-state index is 14.0. The highest BCUT2D eigenvalue weighted by Gasteiger charge is 2.40. The van der Waals surface area contributed by atoms with Crippen molar-refractivity contribution in [2.75, 3.05) is 13.1 Å². The zero-order valence-electron chi connectivity index (χ0n) is 19.4. The number of nitrogens with one attached hydrogen (secondary N) is 2. The van der Waals surface area contributed by atoms with Crippen LogP contribution in [0.3, 0.4) is 0 Å². The van der Waals surface area contributed by atoms with E-state index in [1.54, 1.807) is 19.1 Å². The van der Waals surface area contributed by atoms with Crippen LogP contribution in [0.2, 0.25) is 0 Å². The molecule has 2 amide bonds. The Balaban J connectivity index is 1.35. The van der Waals surface area contributed by atoms with E-state index in [9.17, 15) is 14.0 Å². The Hall–Kier alpha value is -3.25. The first-order valence-electron chi connectivity index (χ1n) is 12.1. The average molecular weight is 460 g/mol. The van der Waals surface area contributed by atoms with E-state index in [2.05, 4.69) is 34.9 Å². The predicted octanol–water partition coefficient (Wildman–Crippen LogP) is 4.19. The van der Waals surface area contributed by atoms with Crippen molar-refractivity contribution in [3.05, 3.63) is 83.2 Å². The van der Waals surface area contributed by atoms with Gasteiger partial charge < -0.3 is 15.5 Å². The molecular formula is C28H30FN3O2. The van der Waals surface area contributed by atoms with Crippen molar-refractivity contribution < 1.29 is 14.0 Å². The summed E-state index contributed by atoms with van der Waals surface area (Å²) in [5, 5.41) is 8.68. The van der Waals surface area contributed by atoms with E-state index < -0.39 is 5.82 Å². The molecule has 3 aromatic carbocycles. The number of halogens is 1. The largest absolute Gasteiger partial charge is 0.348 e. The van der Waals surface area contributed by atoms with Gasteiger partial charge in [-0.1, -0.05) is 48.5 Å². The molecular weight excluding hydrogens is 429 g/mol. The van der Waals surface area contributed by atoms with Crippen molar-refractivity contribution in [1.29, 1.82) is 0 Å². The predicted molar refractivity (Wildman–Crippen MR) is 131 cm³/mol. The zero-order chi connectivity index (χ0) is 23.7. The summed E-state index contributed by atoms with van der Waals surface area (Å²) in [5.74, 6) is -1.03. The molecule has 1 aliphatic heterocycles. The molecule has 2 aliphatic rings. The van der Waals surface area contributed by atoms with Gasteiger partial charge in [0.1, 0.15) is 5.82 Å². The minimum absolute atomic E-state index is 0.0722. The average Bonchev–Trinajstić information content (AvgIpc) is 3.69. The summed E-state index contributed by atoms with van der Waals surface area (Å²) in [6, 6.07) is 18.9. The van der Waals surface area contributed by atoms with Crippen molar-refractivity contribution in [2.24, 2.45) is 5.92 Å². The molecule has 0 bridgehead atoms. The third kappa shape index (κ3) is 4.68. The number of fused-ring (bicyclic) bond motifs is 1. The van der Waals surface area contributed by atoms with E-state index in [1.165, 1.54) is 6.07 Å². The molecule has 5 rings (SSSR count). The Kier molecular flexibility index (Phi) is 6.33. The standard InChI is InChI=1S/C28H30FN3O2/c1-18-9-10-20(15-25(18)29)27(33)31-26-13-14-30-16-24(26)28(34)32(22-11-12-22)17-21-7-4-6-19-5-2-3-8-23(19)21/h2-10,15,22,24,26,30H,11-14,16-17H2,1H3,(H,31,33). The number of piperidine rings is 1. The number of hydrogen-bond donors (Lipinski definition) is 2. The van der Waals surface area contributed by atoms with Crippen molar-refractivity contribution in [3.63, 3.8) is 0 Å². The maximum Gasteiger partial charge on any atom is 0.251 e. The summed E-state index contributed by atoms with van der Waals surface area (Å²) < 4.78 is 14.0. The van der Waals surface area contributed by atoms with Crippen LogP contribution in [0.5, 0.6) is 0 Å². The zero-order valence-corrected chi connectivity index (χ0v) is 19.4. The number of nitrogens with zero attached hydrogens (tertiary/aromatic N) is 1. The van der Waals surface area contributed by atoms with Crippen LogP contribution >= 0.6 is 0 Å². The van der Waals surface area contributed by atoms with Crippen LogP contribution in [0, 0.1) is 18.7 Å². The molecule has 3 aromatic rings. The summed E-state index contributed by atoms with van der Waals surface area (Å²) in [6.45, 7) is 3.47. The molecule has 176 valence electrons. The van der Waals surface area contributed by atoms with Gasteiger partial charge in [0.25, 0.3) is 5.91 Å². The molecule has 5 nitrogen and oxygen atoms in total. The molecule has 1 saturated carbocycles. The quantitative estimate of drug-likeness (QED) is 0.581. The van der Waals surface area contributed by atoms with Gasteiger partial charge in [0.15, 0.2) is 0 Å². The molecule has 2 fully saturated rings. The van der Waals surface area contributed by atoms with Crippen LogP contribution in [0.25, 0.3) is 10.8 Å². The van der Waals surface area contributed by atoms with Crippen molar-refractivity contribution in [2.45, 2.75) is 44.8 Å². The van der Waals surface area contributed by atoms with Gasteiger partial charge in [-0.3, -0.25) is 9.59 Å². The van der Waals surface area contributed by atoms with Gasteiger partial charge in [-0.2, -0.15) is 0 Å². The summed E-state index contributed by atoms with van der Waals surface area (Å²) in [4.78, 5) is 28.7. The molecule has 0 radical (unpaired) electrons. The second kappa shape index (κ2) is 9.55. The van der Waals surface area contributed by atoms with Gasteiger partial charge in [0, 0.05) is 30.7 Å². The topological polar surface area (TPSA) is 61.4 Å². The van der Waals surface area contributed by atoms with Gasteiger partial charge >= 0.3 is 0 Å². The Morgan fingerprint density at radius 2 is 1.85 bits per heavy atom. The van der Waals surface area contributed by atoms with Crippen molar-refractivity contribution in [3.8, 4) is 0 Å². The van der Waals surface area contributed by atoms with Crippen LogP contribution < -0.4 is 10.6 Å². The first-order valence-corrected chi connectivity index (χ1v) is 12.1. The minimum atomic E-state index is -0.402. The van der Waals surface area contributed by atoms with Crippen LogP contribution in [0.4, 0.5) is 4.39 Å². The molecule has 6 heteroatoms. The Labute approximate surface area is 199 Å². The number of carbonyl (C=O) groups is 2. The van der Waals surface area contributed by atoms with Gasteiger partial charge in [-0.15, -0.1) is 0 Å². The van der Waals surface area contributed by atoms with E-state index in [0.29, 0.717) is 25.1 Å². The number of amides is 2. The lowest BCUT2D eigenvalue weighted by molar-refractivity contribution is -0.138. The number of aryl methyl sites for hydroxylation is 1. The maximum absolute atomic E-state index is 14.0. The van der Waals surface area contributed by atoms with E-state index >= 15 is 0 Å². The van der Waals surface area contributed by atoms with E-state index in [1.807, 2.05) is 23.1 Å². The molecule has 0 spiro atoms. The monoisotopic (exact) mass is 459 g/mol. The summed E-state index contributed by atoms with van der Waals surface area (Å²) >= 11 is 0. The molecule has 1 aliphatic carbocycles. The fourth-order valence-electron chi connectivity index (χ4n) is 4.88. The molecule has 2 unspecified atom stereocenters. The van der Waals surface area contributed by atoms with Crippen LogP contribution in [-0.4, -0.2) is 41.9 Å². The fourth-order valence-corrected chi connectivity index (χ4v) is 4.88. The highest BCUT2D eigenvalue weighted by molar-refractivity contribution is 5.95. The molecule has 2 atom stereocenters. The van der Waals surface area contributed by atoms with Crippen molar-refractivity contribution in [1.82, 2.24) is 15.5 Å². The Morgan fingerprint density at radius 3 is 2.65 bits per heavy atom. The number of carbonyl (C=O) groups excluding carboxylic acids is 2. The first kappa shape index (κ1) is 22.5. The lowest BCUT2D eigenvalue weighted by Gasteiger charge is -2.36. The van der Waals surface area contributed by atoms with Gasteiger partial charge in [-0.05, 0) is 66.8 Å². The highest BCUT2D eigenvalue weighted by Crippen LogP contribution is 2.32. The first-order chi connectivity index (χ1) is 16.5. The number of hydrogen-bond acceptors (Lipinski definition) is 3. The lowest BCUT2D eigenvalue weighted by Crippen LogP contribution is -2.55. The normalized spacial score (nSPS) is 20.2. The molecule has 1 saturated heterocycles. The minimum Gasteiger partial charge on any atom is -0.348 e. The summed E-state index contributed by atoms with van der Waals surface area (Å²) in [5.41, 5.74) is 1.92. The fraction of sp³-hybridized carbons (Fsp3) is 0.357. The van der Waals surface area contributed by atoms with Crippen LogP contribution in [0.15, 0.2) is 60.7 Å². The third-order valence-electron chi connectivity index (χ3n) is 7.04. The van der Waals surface area contributed by atoms with E-state index in [4.69, 9.17) is 0 Å². The van der Waals surface area contributed by atoms with Crippen LogP contribution in [-0.2, 0) is 11.3 Å². The van der Waals surface area contributed by atoms with Gasteiger partial charge in [0.05, 0.1) is 5.92 Å². The number of rotatable bonds is 6.